The topological polar surface area (TPSA) is 55.8 Å². The van der Waals surface area contributed by atoms with Crippen molar-refractivity contribution in [1.82, 2.24) is 0 Å². The predicted molar refractivity (Wildman–Crippen MR) is 54.8 cm³/mol. The number of carboxylic acid groups (broad SMARTS) is 1. The summed E-state index contributed by atoms with van der Waals surface area (Å²) >= 11 is 0. The van der Waals surface area contributed by atoms with Crippen LogP contribution in [0.5, 0.6) is 0 Å². The zero-order valence-corrected chi connectivity index (χ0v) is 8.34. The van der Waals surface area contributed by atoms with Crippen LogP contribution in [0.4, 0.5) is 0 Å². The van der Waals surface area contributed by atoms with Gasteiger partial charge in [0.15, 0.2) is 0 Å². The number of hydrogen-bond donors (Lipinski definition) is 1. The molecule has 1 aromatic carbocycles. The maximum atomic E-state index is 10.7. The minimum atomic E-state index is -1.16. The molecule has 0 bridgehead atoms. The SMILES string of the molecule is CCOOC(=Cc1ccccc1)C(=O)O. The summed E-state index contributed by atoms with van der Waals surface area (Å²) in [5.74, 6) is -1.39. The predicted octanol–water partition coefficient (Wildman–Crippen LogP) is 2.08. The molecule has 0 saturated heterocycles. The van der Waals surface area contributed by atoms with Gasteiger partial charge in [-0.3, -0.25) is 0 Å². The summed E-state index contributed by atoms with van der Waals surface area (Å²) in [6.45, 7) is 2.00. The van der Waals surface area contributed by atoms with Crippen LogP contribution in [0.2, 0.25) is 0 Å². The average molecular weight is 208 g/mol. The maximum Gasteiger partial charge on any atom is 0.375 e. The summed E-state index contributed by atoms with van der Waals surface area (Å²) < 4.78 is 0. The van der Waals surface area contributed by atoms with Crippen molar-refractivity contribution in [2.75, 3.05) is 6.61 Å². The molecular weight excluding hydrogens is 196 g/mol. The van der Waals surface area contributed by atoms with Gasteiger partial charge in [-0.15, -0.1) is 0 Å². The molecule has 15 heavy (non-hydrogen) atoms. The van der Waals surface area contributed by atoms with E-state index in [-0.39, 0.29) is 5.76 Å². The van der Waals surface area contributed by atoms with Crippen molar-refractivity contribution in [1.29, 1.82) is 0 Å². The van der Waals surface area contributed by atoms with E-state index >= 15 is 0 Å². The number of carbonyl (C=O) groups is 1. The van der Waals surface area contributed by atoms with Crippen molar-refractivity contribution < 1.29 is 19.7 Å². The van der Waals surface area contributed by atoms with Crippen LogP contribution in [-0.4, -0.2) is 17.7 Å². The maximum absolute atomic E-state index is 10.7. The lowest BCUT2D eigenvalue weighted by Crippen LogP contribution is -2.05. The summed E-state index contributed by atoms with van der Waals surface area (Å²) in [5.41, 5.74) is 0.745. The van der Waals surface area contributed by atoms with E-state index in [4.69, 9.17) is 5.11 Å². The summed E-state index contributed by atoms with van der Waals surface area (Å²) in [6.07, 6.45) is 1.40. The van der Waals surface area contributed by atoms with Crippen molar-refractivity contribution in [3.63, 3.8) is 0 Å². The molecule has 0 spiro atoms. The summed E-state index contributed by atoms with van der Waals surface area (Å²) in [6, 6.07) is 9.02. The van der Waals surface area contributed by atoms with Gasteiger partial charge in [0.25, 0.3) is 0 Å². The monoisotopic (exact) mass is 208 g/mol. The molecule has 0 saturated carbocycles. The van der Waals surface area contributed by atoms with Gasteiger partial charge < -0.3 is 9.99 Å². The van der Waals surface area contributed by atoms with Crippen molar-refractivity contribution in [3.8, 4) is 0 Å². The van der Waals surface area contributed by atoms with Crippen LogP contribution < -0.4 is 0 Å². The highest BCUT2D eigenvalue weighted by molar-refractivity contribution is 5.89. The van der Waals surface area contributed by atoms with Crippen LogP contribution in [0.3, 0.4) is 0 Å². The fourth-order valence-corrected chi connectivity index (χ4v) is 0.944. The molecule has 1 N–H and O–H groups in total. The normalized spacial score (nSPS) is 11.1. The highest BCUT2D eigenvalue weighted by Crippen LogP contribution is 2.08. The van der Waals surface area contributed by atoms with Crippen LogP contribution in [0.1, 0.15) is 12.5 Å². The minimum Gasteiger partial charge on any atom is -0.475 e. The molecule has 0 fully saturated rings. The molecular formula is C11H12O4. The van der Waals surface area contributed by atoms with Crippen molar-refractivity contribution >= 4 is 12.0 Å². The molecule has 0 heterocycles. The Kier molecular flexibility index (Phi) is 4.37. The van der Waals surface area contributed by atoms with Gasteiger partial charge in [0.1, 0.15) is 0 Å². The Labute approximate surface area is 87.7 Å². The summed E-state index contributed by atoms with van der Waals surface area (Å²) in [5, 5.41) is 8.79. The Hall–Kier alpha value is -1.81. The smallest absolute Gasteiger partial charge is 0.375 e. The first-order valence-corrected chi connectivity index (χ1v) is 4.53. The van der Waals surface area contributed by atoms with Crippen LogP contribution in [-0.2, 0) is 14.6 Å². The standard InChI is InChI=1S/C11H12O4/c1-2-14-15-10(11(12)13)8-9-6-4-3-5-7-9/h3-8H,2H2,1H3,(H,12,13). The van der Waals surface area contributed by atoms with Crippen molar-refractivity contribution in [2.45, 2.75) is 6.92 Å². The largest absolute Gasteiger partial charge is 0.475 e. The van der Waals surface area contributed by atoms with E-state index in [1.54, 1.807) is 19.1 Å². The fraction of sp³-hybridized carbons (Fsp3) is 0.182. The van der Waals surface area contributed by atoms with Gasteiger partial charge in [-0.25, -0.2) is 4.79 Å². The molecule has 4 heteroatoms. The van der Waals surface area contributed by atoms with Gasteiger partial charge in [0.05, 0.1) is 6.61 Å². The van der Waals surface area contributed by atoms with Gasteiger partial charge in [0.2, 0.25) is 5.76 Å². The molecule has 4 nitrogen and oxygen atoms in total. The lowest BCUT2D eigenvalue weighted by Gasteiger charge is -2.02. The Morgan fingerprint density at radius 3 is 2.60 bits per heavy atom. The number of carboxylic acids is 1. The third-order valence-electron chi connectivity index (χ3n) is 1.57. The highest BCUT2D eigenvalue weighted by atomic mass is 17.2. The number of rotatable bonds is 5. The second kappa shape index (κ2) is 5.82. The first kappa shape index (κ1) is 11.3. The van der Waals surface area contributed by atoms with Crippen LogP contribution in [0.15, 0.2) is 36.1 Å². The average Bonchev–Trinajstić information content (AvgIpc) is 2.25. The second-order valence-electron chi connectivity index (χ2n) is 2.71. The number of benzene rings is 1. The lowest BCUT2D eigenvalue weighted by molar-refractivity contribution is -0.258. The third kappa shape index (κ3) is 3.83. The zero-order chi connectivity index (χ0) is 11.1. The van der Waals surface area contributed by atoms with E-state index in [1.807, 2.05) is 18.2 Å². The Balaban J connectivity index is 2.79. The molecule has 1 rings (SSSR count). The van der Waals surface area contributed by atoms with E-state index < -0.39 is 5.97 Å². The van der Waals surface area contributed by atoms with Crippen molar-refractivity contribution in [3.05, 3.63) is 41.7 Å². The molecule has 0 aliphatic rings. The highest BCUT2D eigenvalue weighted by Gasteiger charge is 2.09. The fourth-order valence-electron chi connectivity index (χ4n) is 0.944. The number of aliphatic carboxylic acids is 1. The van der Waals surface area contributed by atoms with E-state index in [2.05, 4.69) is 9.78 Å². The van der Waals surface area contributed by atoms with E-state index in [0.717, 1.165) is 5.56 Å². The number of hydrogen-bond acceptors (Lipinski definition) is 3. The molecule has 0 amide bonds. The van der Waals surface area contributed by atoms with Gasteiger partial charge in [0, 0.05) is 0 Å². The molecule has 0 radical (unpaired) electrons. The summed E-state index contributed by atoms with van der Waals surface area (Å²) in [4.78, 5) is 19.9. The van der Waals surface area contributed by atoms with Crippen LogP contribution in [0, 0.1) is 0 Å². The molecule has 0 aliphatic carbocycles. The second-order valence-corrected chi connectivity index (χ2v) is 2.71. The Bertz CT molecular complexity index is 343. The molecule has 1 aromatic rings. The van der Waals surface area contributed by atoms with Crippen molar-refractivity contribution in [2.24, 2.45) is 0 Å². The molecule has 0 aliphatic heterocycles. The first-order valence-electron chi connectivity index (χ1n) is 4.53. The molecule has 0 atom stereocenters. The molecule has 80 valence electrons. The van der Waals surface area contributed by atoms with Gasteiger partial charge in [-0.2, -0.15) is 4.89 Å². The lowest BCUT2D eigenvalue weighted by atomic mass is 10.2. The van der Waals surface area contributed by atoms with Gasteiger partial charge in [-0.05, 0) is 18.6 Å². The quantitative estimate of drug-likeness (QED) is 0.348. The van der Waals surface area contributed by atoms with Gasteiger partial charge in [-0.1, -0.05) is 30.3 Å². The van der Waals surface area contributed by atoms with Crippen LogP contribution in [0.25, 0.3) is 6.08 Å². The Morgan fingerprint density at radius 1 is 1.40 bits per heavy atom. The Morgan fingerprint density at radius 2 is 2.07 bits per heavy atom. The van der Waals surface area contributed by atoms with Gasteiger partial charge >= 0.3 is 5.97 Å². The molecule has 0 unspecified atom stereocenters. The van der Waals surface area contributed by atoms with E-state index in [9.17, 15) is 4.79 Å². The van der Waals surface area contributed by atoms with E-state index in [1.165, 1.54) is 6.08 Å². The zero-order valence-electron chi connectivity index (χ0n) is 8.34. The van der Waals surface area contributed by atoms with E-state index in [0.29, 0.717) is 6.61 Å². The van der Waals surface area contributed by atoms with Crippen LogP contribution >= 0.6 is 0 Å². The summed E-state index contributed by atoms with van der Waals surface area (Å²) in [7, 11) is 0. The first-order chi connectivity index (χ1) is 7.24. The minimum absolute atomic E-state index is 0.233. The third-order valence-corrected chi connectivity index (χ3v) is 1.57. The molecule has 0 aromatic heterocycles.